The number of pyridine rings is 1. The second kappa shape index (κ2) is 9.59. The quantitative estimate of drug-likeness (QED) is 0.582. The molecule has 0 aliphatic carbocycles. The number of rotatable bonds is 8. The Morgan fingerprint density at radius 1 is 1.16 bits per heavy atom. The van der Waals surface area contributed by atoms with Crippen molar-refractivity contribution in [3.63, 3.8) is 0 Å². The molecular weight excluding hydrogens is 392 g/mol. The Morgan fingerprint density at radius 3 is 2.74 bits per heavy atom. The van der Waals surface area contributed by atoms with E-state index in [4.69, 9.17) is 4.74 Å². The van der Waals surface area contributed by atoms with Gasteiger partial charge in [-0.3, -0.25) is 20.0 Å². The minimum Gasteiger partial charge on any atom is -0.496 e. The number of para-hydroxylation sites is 2. The van der Waals surface area contributed by atoms with Crippen LogP contribution < -0.4 is 15.0 Å². The van der Waals surface area contributed by atoms with Crippen molar-refractivity contribution in [3.05, 3.63) is 89.7 Å². The number of fused-ring (bicyclic) bond motifs is 1. The number of hydrogen-bond donors (Lipinski definition) is 2. The molecule has 2 N–H and O–H groups in total. The Hall–Kier alpha value is -3.42. The van der Waals surface area contributed by atoms with E-state index < -0.39 is 5.97 Å². The molecular formula is C24H26N4O3. The van der Waals surface area contributed by atoms with E-state index in [-0.39, 0.29) is 12.8 Å². The highest BCUT2D eigenvalue weighted by Crippen LogP contribution is 2.32. The van der Waals surface area contributed by atoms with Gasteiger partial charge in [0.05, 0.1) is 7.11 Å². The predicted molar refractivity (Wildman–Crippen MR) is 119 cm³/mol. The fourth-order valence-electron chi connectivity index (χ4n) is 4.02. The summed E-state index contributed by atoms with van der Waals surface area (Å²) in [4.78, 5) is 20.1. The van der Waals surface area contributed by atoms with Crippen molar-refractivity contribution < 1.29 is 14.6 Å². The van der Waals surface area contributed by atoms with Crippen LogP contribution in [-0.4, -0.2) is 40.9 Å². The normalized spacial score (nSPS) is 16.0. The SMILES string of the molecule is COc1ccccc1CN1Cc2ccccc2N(CC(=O)O)C1NCc1cccnc1. The van der Waals surface area contributed by atoms with Crippen LogP contribution >= 0.6 is 0 Å². The number of anilines is 1. The molecule has 0 amide bonds. The topological polar surface area (TPSA) is 77.9 Å². The number of carboxylic acids is 1. The molecule has 1 aromatic heterocycles. The number of aliphatic carboxylic acids is 1. The van der Waals surface area contributed by atoms with E-state index in [9.17, 15) is 9.90 Å². The molecule has 0 fully saturated rings. The van der Waals surface area contributed by atoms with Gasteiger partial charge in [-0.15, -0.1) is 0 Å². The Morgan fingerprint density at radius 2 is 1.97 bits per heavy atom. The van der Waals surface area contributed by atoms with Crippen LogP contribution in [0.5, 0.6) is 5.75 Å². The average Bonchev–Trinajstić information content (AvgIpc) is 2.79. The summed E-state index contributed by atoms with van der Waals surface area (Å²) < 4.78 is 5.55. The average molecular weight is 418 g/mol. The van der Waals surface area contributed by atoms with E-state index in [2.05, 4.69) is 21.3 Å². The number of nitrogens with zero attached hydrogens (tertiary/aromatic N) is 3. The second-order valence-electron chi connectivity index (χ2n) is 7.48. The minimum absolute atomic E-state index is 0.107. The number of ether oxygens (including phenoxy) is 1. The largest absolute Gasteiger partial charge is 0.496 e. The van der Waals surface area contributed by atoms with Crippen LogP contribution in [0, 0.1) is 0 Å². The first-order chi connectivity index (χ1) is 15.2. The van der Waals surface area contributed by atoms with Gasteiger partial charge in [-0.05, 0) is 29.3 Å². The maximum Gasteiger partial charge on any atom is 0.323 e. The van der Waals surface area contributed by atoms with Crippen LogP contribution in [0.15, 0.2) is 73.1 Å². The maximum atomic E-state index is 11.7. The lowest BCUT2D eigenvalue weighted by molar-refractivity contribution is -0.135. The fraction of sp³-hybridized carbons (Fsp3) is 0.250. The molecule has 0 spiro atoms. The zero-order valence-electron chi connectivity index (χ0n) is 17.4. The van der Waals surface area contributed by atoms with Crippen molar-refractivity contribution in [1.82, 2.24) is 15.2 Å². The highest BCUT2D eigenvalue weighted by Gasteiger charge is 2.33. The minimum atomic E-state index is -0.873. The second-order valence-corrected chi connectivity index (χ2v) is 7.48. The molecule has 2 aromatic carbocycles. The van der Waals surface area contributed by atoms with E-state index in [1.54, 1.807) is 13.3 Å². The molecule has 0 saturated carbocycles. The van der Waals surface area contributed by atoms with Gasteiger partial charge in [0.2, 0.25) is 0 Å². The molecule has 0 saturated heterocycles. The Labute approximate surface area is 181 Å². The molecule has 160 valence electrons. The van der Waals surface area contributed by atoms with Crippen molar-refractivity contribution in [1.29, 1.82) is 0 Å². The number of methoxy groups -OCH3 is 1. The molecule has 4 rings (SSSR count). The van der Waals surface area contributed by atoms with Gasteiger partial charge < -0.3 is 14.7 Å². The van der Waals surface area contributed by atoms with Gasteiger partial charge >= 0.3 is 5.97 Å². The highest BCUT2D eigenvalue weighted by molar-refractivity contribution is 5.75. The van der Waals surface area contributed by atoms with Crippen LogP contribution in [-0.2, 0) is 24.4 Å². The van der Waals surface area contributed by atoms with Crippen molar-refractivity contribution >= 4 is 11.7 Å². The summed E-state index contributed by atoms with van der Waals surface area (Å²) in [5, 5.41) is 13.2. The van der Waals surface area contributed by atoms with Crippen LogP contribution in [0.2, 0.25) is 0 Å². The summed E-state index contributed by atoms with van der Waals surface area (Å²) in [7, 11) is 1.67. The number of hydrogen-bond acceptors (Lipinski definition) is 6. The van der Waals surface area contributed by atoms with Gasteiger partial charge in [0.25, 0.3) is 0 Å². The van der Waals surface area contributed by atoms with E-state index in [1.165, 1.54) is 0 Å². The van der Waals surface area contributed by atoms with Gasteiger partial charge in [-0.25, -0.2) is 0 Å². The lowest BCUT2D eigenvalue weighted by Crippen LogP contribution is -2.60. The van der Waals surface area contributed by atoms with Gasteiger partial charge in [-0.2, -0.15) is 0 Å². The first kappa shape index (κ1) is 20.8. The molecule has 0 bridgehead atoms. The van der Waals surface area contributed by atoms with Crippen LogP contribution in [0.25, 0.3) is 0 Å². The molecule has 0 radical (unpaired) electrons. The van der Waals surface area contributed by atoms with Crippen LogP contribution in [0.3, 0.4) is 0 Å². The Bertz CT molecular complexity index is 1030. The first-order valence-electron chi connectivity index (χ1n) is 10.2. The highest BCUT2D eigenvalue weighted by atomic mass is 16.5. The lowest BCUT2D eigenvalue weighted by atomic mass is 10.1. The summed E-state index contributed by atoms with van der Waals surface area (Å²) in [6.45, 7) is 1.76. The molecule has 3 aromatic rings. The lowest BCUT2D eigenvalue weighted by Gasteiger charge is -2.45. The summed E-state index contributed by atoms with van der Waals surface area (Å²) >= 11 is 0. The van der Waals surface area contributed by atoms with Gasteiger partial charge in [-0.1, -0.05) is 42.5 Å². The predicted octanol–water partition coefficient (Wildman–Crippen LogP) is 3.07. The number of benzene rings is 2. The Kier molecular flexibility index (Phi) is 6.45. The summed E-state index contributed by atoms with van der Waals surface area (Å²) in [6, 6.07) is 19.8. The molecule has 1 unspecified atom stereocenters. The van der Waals surface area contributed by atoms with E-state index in [0.717, 1.165) is 28.1 Å². The Balaban J connectivity index is 1.68. The van der Waals surface area contributed by atoms with Crippen LogP contribution in [0.4, 0.5) is 5.69 Å². The standard InChI is InChI=1S/C24H26N4O3/c1-31-22-11-5-3-9-20(22)16-27-15-19-8-2-4-10-21(19)28(17-23(29)30)24(27)26-14-18-7-6-12-25-13-18/h2-13,24,26H,14-17H2,1H3,(H,29,30). The summed E-state index contributed by atoms with van der Waals surface area (Å²) in [6.07, 6.45) is 3.25. The monoisotopic (exact) mass is 418 g/mol. The molecule has 1 atom stereocenters. The maximum absolute atomic E-state index is 11.7. The van der Waals surface area contributed by atoms with Gasteiger partial charge in [0, 0.05) is 43.3 Å². The smallest absolute Gasteiger partial charge is 0.323 e. The number of carbonyl (C=O) groups is 1. The third-order valence-electron chi connectivity index (χ3n) is 5.40. The molecule has 1 aliphatic rings. The van der Waals surface area contributed by atoms with Crippen molar-refractivity contribution in [2.75, 3.05) is 18.6 Å². The van der Waals surface area contributed by atoms with E-state index >= 15 is 0 Å². The van der Waals surface area contributed by atoms with E-state index in [0.29, 0.717) is 19.6 Å². The molecule has 7 nitrogen and oxygen atoms in total. The molecule has 1 aliphatic heterocycles. The van der Waals surface area contributed by atoms with Crippen molar-refractivity contribution in [2.24, 2.45) is 0 Å². The van der Waals surface area contributed by atoms with Crippen LogP contribution in [0.1, 0.15) is 16.7 Å². The summed E-state index contributed by atoms with van der Waals surface area (Å²) in [5.74, 6) is -0.0562. The van der Waals surface area contributed by atoms with E-state index in [1.807, 2.05) is 65.7 Å². The zero-order valence-corrected chi connectivity index (χ0v) is 17.4. The number of nitrogens with one attached hydrogen (secondary N) is 1. The summed E-state index contributed by atoms with van der Waals surface area (Å²) in [5.41, 5.74) is 4.12. The number of carboxylic acid groups (broad SMARTS) is 1. The third-order valence-corrected chi connectivity index (χ3v) is 5.40. The molecule has 31 heavy (non-hydrogen) atoms. The van der Waals surface area contributed by atoms with Gasteiger partial charge in [0.1, 0.15) is 18.6 Å². The zero-order chi connectivity index (χ0) is 21.6. The molecule has 2 heterocycles. The first-order valence-corrected chi connectivity index (χ1v) is 10.2. The van der Waals surface area contributed by atoms with Gasteiger partial charge in [0.15, 0.2) is 0 Å². The molecule has 7 heteroatoms. The fourth-order valence-corrected chi connectivity index (χ4v) is 4.02. The van der Waals surface area contributed by atoms with Crippen molar-refractivity contribution in [2.45, 2.75) is 25.9 Å². The van der Waals surface area contributed by atoms with Crippen molar-refractivity contribution in [3.8, 4) is 5.75 Å². The third kappa shape index (κ3) is 4.84. The number of aromatic nitrogens is 1.